The quantitative estimate of drug-likeness (QED) is 0.0308. The summed E-state index contributed by atoms with van der Waals surface area (Å²) < 4.78 is 0. The fourth-order valence-corrected chi connectivity index (χ4v) is 11.9. The zero-order valence-corrected chi connectivity index (χ0v) is 56.0. The molecule has 0 spiro atoms. The first-order valence-corrected chi connectivity index (χ1v) is 37.5. The highest BCUT2D eigenvalue weighted by Crippen LogP contribution is 2.19. The molecule has 0 aromatic heterocycles. The Labute approximate surface area is 519 Å². The molecule has 0 aromatic carbocycles. The van der Waals surface area contributed by atoms with Gasteiger partial charge in [0, 0.05) is 0 Å². The Morgan fingerprint density at radius 1 is 0.301 bits per heavy atom. The topological polar surface area (TPSA) is 110 Å². The molecule has 0 aliphatic heterocycles. The molecular formula is C77H147NO5. The molecule has 0 aliphatic carbocycles. The van der Waals surface area contributed by atoms with Crippen LogP contribution in [0, 0.1) is 0 Å². The fraction of sp³-hybridized carbons (Fsp3) is 0.883. The Kier molecular flexibility index (Phi) is 69.5. The van der Waals surface area contributed by atoms with E-state index < -0.39 is 36.9 Å². The van der Waals surface area contributed by atoms with E-state index in [1.807, 2.05) is 0 Å². The zero-order valence-electron chi connectivity index (χ0n) is 56.0. The molecule has 1 amide bonds. The Morgan fingerprint density at radius 3 is 0.831 bits per heavy atom. The zero-order chi connectivity index (χ0) is 60.1. The number of hydrogen-bond donors (Lipinski definition) is 5. The average molecular weight is 1170 g/mol. The van der Waals surface area contributed by atoms with Crippen LogP contribution in [0.5, 0.6) is 0 Å². The van der Waals surface area contributed by atoms with Crippen molar-refractivity contribution in [2.45, 2.75) is 430 Å². The molecule has 0 heterocycles. The van der Waals surface area contributed by atoms with Crippen molar-refractivity contribution in [1.82, 2.24) is 5.32 Å². The molecule has 0 saturated heterocycles. The van der Waals surface area contributed by atoms with E-state index in [1.54, 1.807) is 0 Å². The van der Waals surface area contributed by atoms with E-state index >= 15 is 0 Å². The van der Waals surface area contributed by atoms with Crippen molar-refractivity contribution in [3.05, 3.63) is 48.6 Å². The van der Waals surface area contributed by atoms with Crippen LogP contribution in [0.2, 0.25) is 0 Å². The lowest BCUT2D eigenvalue weighted by atomic mass is 10.00. The molecule has 490 valence electrons. The highest BCUT2D eigenvalue weighted by atomic mass is 16.3. The first-order chi connectivity index (χ1) is 41.0. The van der Waals surface area contributed by atoms with Crippen LogP contribution in [-0.4, -0.2) is 57.3 Å². The molecule has 0 bridgehead atoms. The summed E-state index contributed by atoms with van der Waals surface area (Å²) in [6.45, 7) is 4.10. The lowest BCUT2D eigenvalue weighted by molar-refractivity contribution is -0.132. The van der Waals surface area contributed by atoms with Crippen molar-refractivity contribution in [2.75, 3.05) is 6.61 Å². The van der Waals surface area contributed by atoms with Crippen molar-refractivity contribution < 1.29 is 25.2 Å². The fourth-order valence-electron chi connectivity index (χ4n) is 11.9. The van der Waals surface area contributed by atoms with Gasteiger partial charge in [-0.25, -0.2) is 0 Å². The number of rotatable bonds is 70. The second-order valence-electron chi connectivity index (χ2n) is 26.0. The van der Waals surface area contributed by atoms with E-state index in [0.717, 1.165) is 44.9 Å². The summed E-state index contributed by atoms with van der Waals surface area (Å²) in [6.07, 6.45) is 94.1. The molecule has 0 aromatic rings. The summed E-state index contributed by atoms with van der Waals surface area (Å²) >= 11 is 0. The molecule has 0 saturated carbocycles. The minimum absolute atomic E-state index is 0.361. The van der Waals surface area contributed by atoms with Crippen LogP contribution in [0.4, 0.5) is 0 Å². The third kappa shape index (κ3) is 64.6. The minimum atomic E-state index is -1.29. The number of hydrogen-bond acceptors (Lipinski definition) is 5. The number of aliphatic hydroxyl groups excluding tert-OH is 4. The Balaban J connectivity index is 3.57. The van der Waals surface area contributed by atoms with Gasteiger partial charge in [-0.15, -0.1) is 0 Å². The van der Waals surface area contributed by atoms with Gasteiger partial charge >= 0.3 is 0 Å². The summed E-state index contributed by atoms with van der Waals surface area (Å²) in [5.41, 5.74) is 0. The number of unbranched alkanes of at least 4 members (excludes halogenated alkanes) is 53. The van der Waals surface area contributed by atoms with Gasteiger partial charge in [-0.2, -0.15) is 0 Å². The van der Waals surface area contributed by atoms with E-state index in [2.05, 4.69) is 67.8 Å². The molecule has 6 nitrogen and oxygen atoms in total. The van der Waals surface area contributed by atoms with Crippen molar-refractivity contribution in [3.8, 4) is 0 Å². The summed E-state index contributed by atoms with van der Waals surface area (Å²) in [7, 11) is 0. The van der Waals surface area contributed by atoms with Crippen LogP contribution in [0.25, 0.3) is 0 Å². The number of allylic oxidation sites excluding steroid dienone is 8. The van der Waals surface area contributed by atoms with Gasteiger partial charge in [0.05, 0.1) is 18.8 Å². The molecule has 4 unspecified atom stereocenters. The maximum absolute atomic E-state index is 12.7. The number of carbonyl (C=O) groups is 1. The highest BCUT2D eigenvalue weighted by Gasteiger charge is 2.28. The number of nitrogens with one attached hydrogen (secondary N) is 1. The first kappa shape index (κ1) is 81.3. The number of amides is 1. The molecule has 6 heteroatoms. The van der Waals surface area contributed by atoms with E-state index in [4.69, 9.17) is 0 Å². The van der Waals surface area contributed by atoms with Crippen LogP contribution in [0.3, 0.4) is 0 Å². The van der Waals surface area contributed by atoms with Gasteiger partial charge in [-0.05, 0) is 83.5 Å². The Morgan fingerprint density at radius 2 is 0.542 bits per heavy atom. The molecule has 5 N–H and O–H groups in total. The maximum Gasteiger partial charge on any atom is 0.249 e. The largest absolute Gasteiger partial charge is 0.394 e. The molecule has 0 aliphatic rings. The predicted octanol–water partition coefficient (Wildman–Crippen LogP) is 23.6. The summed E-state index contributed by atoms with van der Waals surface area (Å²) in [5, 5.41) is 44.2. The van der Waals surface area contributed by atoms with Crippen molar-refractivity contribution in [3.63, 3.8) is 0 Å². The number of carbonyl (C=O) groups excluding carboxylic acids is 1. The van der Waals surface area contributed by atoms with Crippen LogP contribution < -0.4 is 5.32 Å². The summed E-state index contributed by atoms with van der Waals surface area (Å²) in [5.74, 6) is -0.592. The minimum Gasteiger partial charge on any atom is -0.394 e. The SMILES string of the molecule is CCCCCCCCCCCCCCCCC/C=C\C/C=C\CCCCCCCCCCCCCCCCCCC(O)C(=O)NC(CO)C(O)C(O)CCC/C=C/CC/C=C/CCCCCCCCCCCCCCCCCCCCCC. The molecule has 83 heavy (non-hydrogen) atoms. The van der Waals surface area contributed by atoms with Crippen LogP contribution >= 0.6 is 0 Å². The second-order valence-corrected chi connectivity index (χ2v) is 26.0. The molecular weight excluding hydrogens is 1020 g/mol. The van der Waals surface area contributed by atoms with Crippen LogP contribution in [-0.2, 0) is 4.79 Å². The second kappa shape index (κ2) is 71.0. The Bertz CT molecular complexity index is 1360. The summed E-state index contributed by atoms with van der Waals surface area (Å²) in [4.78, 5) is 12.7. The van der Waals surface area contributed by atoms with Crippen molar-refractivity contribution in [1.29, 1.82) is 0 Å². The predicted molar refractivity (Wildman–Crippen MR) is 367 cm³/mol. The van der Waals surface area contributed by atoms with Crippen LogP contribution in [0.15, 0.2) is 48.6 Å². The van der Waals surface area contributed by atoms with Gasteiger partial charge < -0.3 is 25.7 Å². The third-order valence-corrected chi connectivity index (χ3v) is 17.7. The lowest BCUT2D eigenvalue weighted by Crippen LogP contribution is -2.53. The van der Waals surface area contributed by atoms with Crippen molar-refractivity contribution in [2.24, 2.45) is 0 Å². The molecule has 0 radical (unpaired) electrons. The third-order valence-electron chi connectivity index (χ3n) is 17.7. The Hall–Kier alpha value is -1.73. The van der Waals surface area contributed by atoms with Gasteiger partial charge in [0.1, 0.15) is 12.2 Å². The van der Waals surface area contributed by atoms with Gasteiger partial charge in [-0.1, -0.05) is 371 Å². The standard InChI is InChI=1S/C77H147NO5/c1-3-5-7-9-11-13-15-17-19-21-23-25-27-29-31-33-34-35-36-37-38-39-40-41-43-45-47-49-51-53-55-57-59-61-63-65-67-69-71-75(81)77(83)78-73(72-79)76(82)74(80)70-68-66-64-62-60-58-56-54-52-50-48-46-44-42-32-30-28-26-24-22-20-18-16-14-12-10-8-6-4-2/h34-35,37-38,54,56,62,64,73-76,79-82H,3-33,36,39-53,55,57-61,63,65-72H2,1-2H3,(H,78,83)/b35-34-,38-37-,56-54+,64-62+. The van der Waals surface area contributed by atoms with Gasteiger partial charge in [0.2, 0.25) is 5.91 Å². The van der Waals surface area contributed by atoms with E-state index in [0.29, 0.717) is 19.3 Å². The number of aliphatic hydroxyl groups is 4. The van der Waals surface area contributed by atoms with E-state index in [1.165, 1.54) is 327 Å². The smallest absolute Gasteiger partial charge is 0.249 e. The first-order valence-electron chi connectivity index (χ1n) is 37.5. The lowest BCUT2D eigenvalue weighted by Gasteiger charge is -2.27. The maximum atomic E-state index is 12.7. The molecule has 4 atom stereocenters. The summed E-state index contributed by atoms with van der Waals surface area (Å²) in [6, 6.07) is -1.01. The van der Waals surface area contributed by atoms with E-state index in [9.17, 15) is 25.2 Å². The van der Waals surface area contributed by atoms with Gasteiger partial charge in [-0.3, -0.25) is 4.79 Å². The van der Waals surface area contributed by atoms with Gasteiger partial charge in [0.15, 0.2) is 0 Å². The van der Waals surface area contributed by atoms with Gasteiger partial charge in [0.25, 0.3) is 0 Å². The molecule has 0 fully saturated rings. The van der Waals surface area contributed by atoms with E-state index in [-0.39, 0.29) is 0 Å². The average Bonchev–Trinajstić information content (AvgIpc) is 3.54. The van der Waals surface area contributed by atoms with Crippen molar-refractivity contribution >= 4 is 5.91 Å². The molecule has 0 rings (SSSR count). The van der Waals surface area contributed by atoms with Crippen LogP contribution in [0.1, 0.15) is 406 Å². The highest BCUT2D eigenvalue weighted by molar-refractivity contribution is 5.80. The normalized spacial score (nSPS) is 13.7. The monoisotopic (exact) mass is 1170 g/mol.